The van der Waals surface area contributed by atoms with Crippen LogP contribution in [-0.2, 0) is 9.84 Å². The molecule has 1 heterocycles. The molecule has 1 aromatic carbocycles. The zero-order chi connectivity index (χ0) is 14.9. The molecule has 0 saturated carbocycles. The Morgan fingerprint density at radius 1 is 1.30 bits per heavy atom. The second-order valence-corrected chi connectivity index (χ2v) is 6.57. The van der Waals surface area contributed by atoms with E-state index in [0.717, 1.165) is 11.8 Å². The van der Waals surface area contributed by atoms with Crippen LogP contribution in [0.1, 0.15) is 16.1 Å². The van der Waals surface area contributed by atoms with Gasteiger partial charge in [0.1, 0.15) is 5.69 Å². The van der Waals surface area contributed by atoms with E-state index in [1.54, 1.807) is 13.0 Å². The summed E-state index contributed by atoms with van der Waals surface area (Å²) in [5.41, 5.74) is 7.52. The molecule has 0 spiro atoms. The number of aromatic nitrogens is 1. The Labute approximate surface area is 116 Å². The lowest BCUT2D eigenvalue weighted by molar-refractivity contribution is 0.102. The Balaban J connectivity index is 2.31. The highest BCUT2D eigenvalue weighted by Gasteiger charge is 2.13. The number of anilines is 2. The number of hydrogen-bond donors (Lipinski definition) is 3. The molecule has 0 atom stereocenters. The van der Waals surface area contributed by atoms with Crippen molar-refractivity contribution in [3.63, 3.8) is 0 Å². The van der Waals surface area contributed by atoms with Crippen molar-refractivity contribution in [2.75, 3.05) is 17.3 Å². The first kappa shape index (κ1) is 14.1. The number of aromatic amines is 1. The Hall–Kier alpha value is -2.28. The average molecular weight is 293 g/mol. The van der Waals surface area contributed by atoms with E-state index in [2.05, 4.69) is 10.3 Å². The van der Waals surface area contributed by atoms with Gasteiger partial charge in [0, 0.05) is 23.8 Å². The van der Waals surface area contributed by atoms with Crippen LogP contribution in [0.4, 0.5) is 11.4 Å². The minimum atomic E-state index is -3.32. The predicted molar refractivity (Wildman–Crippen MR) is 77.4 cm³/mol. The molecule has 106 valence electrons. The molecule has 0 saturated heterocycles. The normalized spacial score (nSPS) is 11.3. The highest BCUT2D eigenvalue weighted by Crippen LogP contribution is 2.21. The van der Waals surface area contributed by atoms with Crippen molar-refractivity contribution in [2.45, 2.75) is 11.8 Å². The smallest absolute Gasteiger partial charge is 0.272 e. The molecule has 2 aromatic rings. The molecule has 1 amide bonds. The van der Waals surface area contributed by atoms with E-state index in [-0.39, 0.29) is 10.8 Å². The van der Waals surface area contributed by atoms with E-state index in [9.17, 15) is 13.2 Å². The summed E-state index contributed by atoms with van der Waals surface area (Å²) in [6.07, 6.45) is 2.63. The van der Waals surface area contributed by atoms with Crippen molar-refractivity contribution in [3.05, 3.63) is 41.7 Å². The number of nitrogens with one attached hydrogen (secondary N) is 2. The van der Waals surface area contributed by atoms with Crippen molar-refractivity contribution in [1.82, 2.24) is 4.98 Å². The summed E-state index contributed by atoms with van der Waals surface area (Å²) in [7, 11) is -3.32. The first-order chi connectivity index (χ1) is 9.27. The topological polar surface area (TPSA) is 105 Å². The van der Waals surface area contributed by atoms with E-state index in [1.165, 1.54) is 24.4 Å². The molecule has 1 aromatic heterocycles. The fraction of sp³-hybridized carbons (Fsp3) is 0.154. The van der Waals surface area contributed by atoms with Crippen LogP contribution >= 0.6 is 0 Å². The fourth-order valence-corrected chi connectivity index (χ4v) is 2.35. The summed E-state index contributed by atoms with van der Waals surface area (Å²) < 4.78 is 23.0. The van der Waals surface area contributed by atoms with Gasteiger partial charge >= 0.3 is 0 Å². The minimum Gasteiger partial charge on any atom is -0.397 e. The minimum absolute atomic E-state index is 0.157. The van der Waals surface area contributed by atoms with Crippen LogP contribution in [0.2, 0.25) is 0 Å². The van der Waals surface area contributed by atoms with Crippen LogP contribution in [0, 0.1) is 6.92 Å². The highest BCUT2D eigenvalue weighted by atomic mass is 32.2. The summed E-state index contributed by atoms with van der Waals surface area (Å²) in [4.78, 5) is 14.9. The molecule has 2 rings (SSSR count). The van der Waals surface area contributed by atoms with Crippen LogP contribution < -0.4 is 11.1 Å². The molecule has 0 fully saturated rings. The number of carbonyl (C=O) groups is 1. The zero-order valence-electron chi connectivity index (χ0n) is 11.1. The number of benzene rings is 1. The molecule has 0 aliphatic rings. The van der Waals surface area contributed by atoms with Gasteiger partial charge in [0.2, 0.25) is 0 Å². The van der Waals surface area contributed by atoms with Crippen molar-refractivity contribution in [2.24, 2.45) is 0 Å². The SMILES string of the molecule is Cc1ccc(S(C)(=O)=O)cc1NC(=O)c1cc(N)c[nH]1. The van der Waals surface area contributed by atoms with Gasteiger partial charge in [-0.3, -0.25) is 4.79 Å². The average Bonchev–Trinajstić information content (AvgIpc) is 2.77. The van der Waals surface area contributed by atoms with E-state index < -0.39 is 9.84 Å². The molecule has 20 heavy (non-hydrogen) atoms. The number of aryl methyl sites for hydroxylation is 1. The van der Waals surface area contributed by atoms with Crippen molar-refractivity contribution >= 4 is 27.1 Å². The van der Waals surface area contributed by atoms with Crippen molar-refractivity contribution in [3.8, 4) is 0 Å². The number of nitrogens with two attached hydrogens (primary N) is 1. The van der Waals surface area contributed by atoms with Gasteiger partial charge in [0.15, 0.2) is 9.84 Å². The summed E-state index contributed by atoms with van der Waals surface area (Å²) in [5.74, 6) is -0.379. The van der Waals surface area contributed by atoms with Gasteiger partial charge in [-0.2, -0.15) is 0 Å². The largest absolute Gasteiger partial charge is 0.397 e. The van der Waals surface area contributed by atoms with Crippen LogP contribution in [-0.4, -0.2) is 25.6 Å². The van der Waals surface area contributed by atoms with Crippen LogP contribution in [0.15, 0.2) is 35.4 Å². The lowest BCUT2D eigenvalue weighted by atomic mass is 10.2. The monoisotopic (exact) mass is 293 g/mol. The molecule has 6 nitrogen and oxygen atoms in total. The van der Waals surface area contributed by atoms with Crippen LogP contribution in [0.3, 0.4) is 0 Å². The molecule has 4 N–H and O–H groups in total. The zero-order valence-corrected chi connectivity index (χ0v) is 11.9. The second-order valence-electron chi connectivity index (χ2n) is 4.55. The lowest BCUT2D eigenvalue weighted by Crippen LogP contribution is -2.13. The summed E-state index contributed by atoms with van der Waals surface area (Å²) in [5, 5.41) is 2.66. The maximum Gasteiger partial charge on any atom is 0.272 e. The van der Waals surface area contributed by atoms with Gasteiger partial charge < -0.3 is 16.0 Å². The number of carbonyl (C=O) groups excluding carboxylic acids is 1. The third kappa shape index (κ3) is 3.00. The molecular formula is C13H15N3O3S. The fourth-order valence-electron chi connectivity index (χ4n) is 1.70. The van der Waals surface area contributed by atoms with E-state index in [4.69, 9.17) is 5.73 Å². The maximum atomic E-state index is 12.0. The van der Waals surface area contributed by atoms with Gasteiger partial charge in [-0.1, -0.05) is 6.07 Å². The number of amides is 1. The third-order valence-electron chi connectivity index (χ3n) is 2.84. The Morgan fingerprint density at radius 2 is 2.00 bits per heavy atom. The van der Waals surface area contributed by atoms with Crippen LogP contribution in [0.25, 0.3) is 0 Å². The quantitative estimate of drug-likeness (QED) is 0.798. The van der Waals surface area contributed by atoms with E-state index >= 15 is 0 Å². The molecule has 7 heteroatoms. The lowest BCUT2D eigenvalue weighted by Gasteiger charge is -2.09. The third-order valence-corrected chi connectivity index (χ3v) is 3.95. The van der Waals surface area contributed by atoms with E-state index in [1.807, 2.05) is 0 Å². The van der Waals surface area contributed by atoms with Gasteiger partial charge in [-0.25, -0.2) is 8.42 Å². The summed E-state index contributed by atoms with van der Waals surface area (Å²) in [6, 6.07) is 6.10. The Morgan fingerprint density at radius 3 is 2.55 bits per heavy atom. The Kier molecular flexibility index (Phi) is 3.54. The number of rotatable bonds is 3. The summed E-state index contributed by atoms with van der Waals surface area (Å²) >= 11 is 0. The second kappa shape index (κ2) is 5.01. The molecular weight excluding hydrogens is 278 g/mol. The highest BCUT2D eigenvalue weighted by molar-refractivity contribution is 7.90. The molecule has 0 radical (unpaired) electrons. The maximum absolute atomic E-state index is 12.0. The van der Waals surface area contributed by atoms with Crippen LogP contribution in [0.5, 0.6) is 0 Å². The number of sulfone groups is 1. The molecule has 0 bridgehead atoms. The van der Waals surface area contributed by atoms with Crippen molar-refractivity contribution < 1.29 is 13.2 Å². The predicted octanol–water partition coefficient (Wildman–Crippen LogP) is 1.56. The Bertz CT molecular complexity index is 763. The number of nitrogen functional groups attached to an aromatic ring is 1. The van der Waals surface area contributed by atoms with Gasteiger partial charge in [-0.15, -0.1) is 0 Å². The summed E-state index contributed by atoms with van der Waals surface area (Å²) in [6.45, 7) is 1.78. The number of hydrogen-bond acceptors (Lipinski definition) is 4. The standard InChI is InChI=1S/C13H15N3O3S/c1-8-3-4-10(20(2,18)19)6-11(8)16-13(17)12-5-9(14)7-15-12/h3-7,15H,14H2,1-2H3,(H,16,17). The molecule has 0 aliphatic carbocycles. The van der Waals surface area contributed by atoms with Gasteiger partial charge in [0.05, 0.1) is 4.90 Å². The van der Waals surface area contributed by atoms with Gasteiger partial charge in [-0.05, 0) is 30.7 Å². The molecule has 0 unspecified atom stereocenters. The molecule has 0 aliphatic heterocycles. The number of H-pyrrole nitrogens is 1. The van der Waals surface area contributed by atoms with E-state index in [0.29, 0.717) is 17.1 Å². The first-order valence-electron chi connectivity index (χ1n) is 5.83. The van der Waals surface area contributed by atoms with Gasteiger partial charge in [0.25, 0.3) is 5.91 Å². The first-order valence-corrected chi connectivity index (χ1v) is 7.72. The van der Waals surface area contributed by atoms with Crippen molar-refractivity contribution in [1.29, 1.82) is 0 Å².